The van der Waals surface area contributed by atoms with Crippen LogP contribution in [0.2, 0.25) is 5.02 Å². The molecule has 1 heterocycles. The quantitative estimate of drug-likeness (QED) is 0.932. The summed E-state index contributed by atoms with van der Waals surface area (Å²) >= 11 is 5.89. The molecule has 1 amide bonds. The molecule has 0 aliphatic carbocycles. The lowest BCUT2D eigenvalue weighted by Crippen LogP contribution is -2.40. The molecule has 2 rings (SSSR count). The van der Waals surface area contributed by atoms with E-state index in [1.54, 1.807) is 11.0 Å². The van der Waals surface area contributed by atoms with Crippen LogP contribution >= 0.6 is 11.6 Å². The fourth-order valence-electron chi connectivity index (χ4n) is 2.68. The van der Waals surface area contributed by atoms with Gasteiger partial charge in [-0.3, -0.25) is 4.79 Å². The summed E-state index contributed by atoms with van der Waals surface area (Å²) in [5.41, 5.74) is 0.295. The number of rotatable bonds is 3. The Balaban J connectivity index is 2.00. The molecule has 4 nitrogen and oxygen atoms in total. The van der Waals surface area contributed by atoms with Gasteiger partial charge in [-0.25, -0.2) is 0 Å². The van der Waals surface area contributed by atoms with Crippen LogP contribution in [0.15, 0.2) is 18.2 Å². The Hall–Kier alpha value is -1.26. The Morgan fingerprint density at radius 2 is 2.05 bits per heavy atom. The molecule has 1 fully saturated rings. The van der Waals surface area contributed by atoms with Crippen molar-refractivity contribution in [2.75, 3.05) is 33.7 Å². The number of halogens is 1. The normalized spacial score (nSPS) is 16.7. The van der Waals surface area contributed by atoms with Gasteiger partial charge in [-0.05, 0) is 51.1 Å². The number of phenolic OH excluding ortho intramolecular Hbond substituents is 1. The Kier molecular flexibility index (Phi) is 4.89. The number of amides is 1. The van der Waals surface area contributed by atoms with Crippen molar-refractivity contribution in [2.45, 2.75) is 12.8 Å². The summed E-state index contributed by atoms with van der Waals surface area (Å²) in [6.07, 6.45) is 2.01. The smallest absolute Gasteiger partial charge is 0.257 e. The van der Waals surface area contributed by atoms with Crippen molar-refractivity contribution in [1.82, 2.24) is 9.80 Å². The van der Waals surface area contributed by atoms with E-state index < -0.39 is 0 Å². The summed E-state index contributed by atoms with van der Waals surface area (Å²) in [7, 11) is 4.14. The highest BCUT2D eigenvalue weighted by molar-refractivity contribution is 6.31. The predicted octanol–water partition coefficient (Wildman–Crippen LogP) is 2.46. The highest BCUT2D eigenvalue weighted by Gasteiger charge is 2.25. The molecule has 20 heavy (non-hydrogen) atoms. The minimum absolute atomic E-state index is 0.00480. The molecule has 1 N–H and O–H groups in total. The number of piperidine rings is 1. The van der Waals surface area contributed by atoms with Crippen LogP contribution < -0.4 is 0 Å². The topological polar surface area (TPSA) is 43.8 Å². The first-order valence-corrected chi connectivity index (χ1v) is 7.27. The molecule has 0 spiro atoms. The Bertz CT molecular complexity index is 483. The lowest BCUT2D eigenvalue weighted by atomic mass is 9.96. The van der Waals surface area contributed by atoms with E-state index in [9.17, 15) is 9.90 Å². The van der Waals surface area contributed by atoms with Gasteiger partial charge >= 0.3 is 0 Å². The second-order valence-corrected chi connectivity index (χ2v) is 6.10. The predicted molar refractivity (Wildman–Crippen MR) is 80.3 cm³/mol. The average Bonchev–Trinajstić information content (AvgIpc) is 2.41. The molecule has 0 radical (unpaired) electrons. The van der Waals surface area contributed by atoms with Crippen LogP contribution in [0.25, 0.3) is 0 Å². The second-order valence-electron chi connectivity index (χ2n) is 5.66. The van der Waals surface area contributed by atoms with Gasteiger partial charge in [-0.1, -0.05) is 11.6 Å². The summed E-state index contributed by atoms with van der Waals surface area (Å²) in [6, 6.07) is 4.58. The highest BCUT2D eigenvalue weighted by atomic mass is 35.5. The third kappa shape index (κ3) is 3.64. The highest BCUT2D eigenvalue weighted by Crippen LogP contribution is 2.25. The van der Waals surface area contributed by atoms with Gasteiger partial charge in [-0.15, -0.1) is 0 Å². The first kappa shape index (κ1) is 15.1. The minimum Gasteiger partial charge on any atom is -0.507 e. The zero-order chi connectivity index (χ0) is 14.7. The van der Waals surface area contributed by atoms with E-state index in [0.29, 0.717) is 16.5 Å². The molecule has 1 aliphatic heterocycles. The standard InChI is InChI=1S/C15H21ClN2O2/c1-17(2)10-11-5-7-18(8-6-11)15(20)13-9-12(16)3-4-14(13)19/h3-4,9,11,19H,5-8,10H2,1-2H3. The van der Waals surface area contributed by atoms with Gasteiger partial charge in [0.25, 0.3) is 5.91 Å². The lowest BCUT2D eigenvalue weighted by molar-refractivity contribution is 0.0675. The lowest BCUT2D eigenvalue weighted by Gasteiger charge is -2.33. The molecule has 0 atom stereocenters. The summed E-state index contributed by atoms with van der Waals surface area (Å²) in [5, 5.41) is 10.3. The third-order valence-corrected chi connectivity index (χ3v) is 3.95. The number of carbonyl (C=O) groups is 1. The van der Waals surface area contributed by atoms with Crippen molar-refractivity contribution >= 4 is 17.5 Å². The van der Waals surface area contributed by atoms with Gasteiger partial charge in [-0.2, -0.15) is 0 Å². The molecule has 0 aromatic heterocycles. The summed E-state index contributed by atoms with van der Waals surface area (Å²) in [4.78, 5) is 16.4. The van der Waals surface area contributed by atoms with Gasteiger partial charge in [0.15, 0.2) is 0 Å². The number of likely N-dealkylation sites (tertiary alicyclic amines) is 1. The zero-order valence-corrected chi connectivity index (χ0v) is 12.7. The number of nitrogens with zero attached hydrogens (tertiary/aromatic N) is 2. The van der Waals surface area contributed by atoms with E-state index in [2.05, 4.69) is 19.0 Å². The first-order chi connectivity index (χ1) is 9.47. The number of benzene rings is 1. The summed E-state index contributed by atoms with van der Waals surface area (Å²) in [5.74, 6) is 0.505. The average molecular weight is 297 g/mol. The molecule has 5 heteroatoms. The maximum atomic E-state index is 12.4. The van der Waals surface area contributed by atoms with Gasteiger partial charge in [0.05, 0.1) is 5.56 Å². The monoisotopic (exact) mass is 296 g/mol. The molecular weight excluding hydrogens is 276 g/mol. The van der Waals surface area contributed by atoms with Gasteiger partial charge in [0, 0.05) is 24.7 Å². The van der Waals surface area contributed by atoms with Crippen LogP contribution in [0.3, 0.4) is 0 Å². The molecule has 110 valence electrons. The Labute approximate surface area is 124 Å². The third-order valence-electron chi connectivity index (χ3n) is 3.71. The molecule has 1 aromatic carbocycles. The fraction of sp³-hybridized carbons (Fsp3) is 0.533. The van der Waals surface area contributed by atoms with Crippen LogP contribution in [0.5, 0.6) is 5.75 Å². The number of aromatic hydroxyl groups is 1. The molecule has 0 unspecified atom stereocenters. The van der Waals surface area contributed by atoms with Crippen molar-refractivity contribution in [3.63, 3.8) is 0 Å². The Morgan fingerprint density at radius 3 is 2.65 bits per heavy atom. The molecule has 0 saturated carbocycles. The minimum atomic E-state index is -0.131. The van der Waals surface area contributed by atoms with Crippen LogP contribution in [0.4, 0.5) is 0 Å². The van der Waals surface area contributed by atoms with Crippen LogP contribution in [-0.4, -0.2) is 54.5 Å². The largest absolute Gasteiger partial charge is 0.507 e. The number of hydrogen-bond donors (Lipinski definition) is 1. The Morgan fingerprint density at radius 1 is 1.40 bits per heavy atom. The molecular formula is C15H21ClN2O2. The van der Waals surface area contributed by atoms with Crippen LogP contribution in [-0.2, 0) is 0 Å². The summed E-state index contributed by atoms with van der Waals surface area (Å²) < 4.78 is 0. The number of phenols is 1. The van der Waals surface area contributed by atoms with E-state index in [4.69, 9.17) is 11.6 Å². The second kappa shape index (κ2) is 6.46. The van der Waals surface area contributed by atoms with E-state index in [1.165, 1.54) is 12.1 Å². The van der Waals surface area contributed by atoms with E-state index in [1.807, 2.05) is 0 Å². The van der Waals surface area contributed by atoms with E-state index >= 15 is 0 Å². The molecule has 1 aromatic rings. The van der Waals surface area contributed by atoms with Crippen molar-refractivity contribution in [3.05, 3.63) is 28.8 Å². The van der Waals surface area contributed by atoms with Crippen LogP contribution in [0.1, 0.15) is 23.2 Å². The van der Waals surface area contributed by atoms with Crippen molar-refractivity contribution in [2.24, 2.45) is 5.92 Å². The van der Waals surface area contributed by atoms with Crippen LogP contribution in [0, 0.1) is 5.92 Å². The number of hydrogen-bond acceptors (Lipinski definition) is 3. The van der Waals surface area contributed by atoms with Crippen molar-refractivity contribution in [3.8, 4) is 5.75 Å². The SMILES string of the molecule is CN(C)CC1CCN(C(=O)c2cc(Cl)ccc2O)CC1. The van der Waals surface area contributed by atoms with E-state index in [0.717, 1.165) is 32.5 Å². The fourth-order valence-corrected chi connectivity index (χ4v) is 2.86. The number of carbonyl (C=O) groups excluding carboxylic acids is 1. The van der Waals surface area contributed by atoms with Gasteiger partial charge < -0.3 is 14.9 Å². The van der Waals surface area contributed by atoms with Crippen molar-refractivity contribution in [1.29, 1.82) is 0 Å². The molecule has 1 aliphatic rings. The maximum Gasteiger partial charge on any atom is 0.257 e. The van der Waals surface area contributed by atoms with Gasteiger partial charge in [0.2, 0.25) is 0 Å². The molecule has 0 bridgehead atoms. The van der Waals surface area contributed by atoms with Crippen molar-refractivity contribution < 1.29 is 9.90 Å². The zero-order valence-electron chi connectivity index (χ0n) is 12.0. The first-order valence-electron chi connectivity index (χ1n) is 6.90. The van der Waals surface area contributed by atoms with E-state index in [-0.39, 0.29) is 11.7 Å². The molecule has 1 saturated heterocycles. The van der Waals surface area contributed by atoms with Gasteiger partial charge in [0.1, 0.15) is 5.75 Å². The maximum absolute atomic E-state index is 12.4. The summed E-state index contributed by atoms with van der Waals surface area (Å²) in [6.45, 7) is 2.54.